The van der Waals surface area contributed by atoms with E-state index >= 15 is 0 Å². The Morgan fingerprint density at radius 1 is 1.45 bits per heavy atom. The number of hydrogen-bond donors (Lipinski definition) is 3. The zero-order valence-electron chi connectivity index (χ0n) is 6.10. The van der Waals surface area contributed by atoms with Crippen LogP contribution >= 0.6 is 0 Å². The van der Waals surface area contributed by atoms with Crippen molar-refractivity contribution < 1.29 is 20.1 Å². The number of hydrogen-bond acceptors (Lipinski definition) is 4. The number of aliphatic hydroxyl groups excluding tert-OH is 3. The summed E-state index contributed by atoms with van der Waals surface area (Å²) in [5, 5.41) is 27.1. The van der Waals surface area contributed by atoms with Gasteiger partial charge in [0.05, 0.1) is 18.8 Å². The van der Waals surface area contributed by atoms with Crippen LogP contribution in [0, 0.1) is 0 Å². The van der Waals surface area contributed by atoms with Crippen LogP contribution in [0.1, 0.15) is 6.42 Å². The van der Waals surface area contributed by atoms with Crippen molar-refractivity contribution in [2.75, 3.05) is 6.61 Å². The lowest BCUT2D eigenvalue weighted by Crippen LogP contribution is -2.41. The van der Waals surface area contributed by atoms with Crippen LogP contribution < -0.4 is 0 Å². The normalized spacial score (nSPS) is 38.5. The third-order valence-electron chi connectivity index (χ3n) is 1.66. The number of aliphatic hydroxyl groups is 3. The van der Waals surface area contributed by atoms with Crippen molar-refractivity contribution in [1.29, 1.82) is 0 Å². The van der Waals surface area contributed by atoms with Crippen LogP contribution in [-0.2, 0) is 4.74 Å². The summed E-state index contributed by atoms with van der Waals surface area (Å²) in [5.41, 5.74) is 0. The van der Waals surface area contributed by atoms with Gasteiger partial charge in [-0.15, -0.1) is 0 Å². The molecule has 0 aliphatic carbocycles. The summed E-state index contributed by atoms with van der Waals surface area (Å²) in [5.74, 6) is -0.190. The number of ether oxygens (including phenoxy) is 1. The molecule has 3 atom stereocenters. The van der Waals surface area contributed by atoms with Gasteiger partial charge in [0.15, 0.2) is 0 Å². The fraction of sp³-hybridized carbons (Fsp3) is 0.714. The van der Waals surface area contributed by atoms with Gasteiger partial charge in [-0.3, -0.25) is 0 Å². The quantitative estimate of drug-likeness (QED) is 0.455. The zero-order chi connectivity index (χ0) is 8.43. The minimum absolute atomic E-state index is 0.140. The molecule has 0 aromatic carbocycles. The molecule has 0 aromatic rings. The average Bonchev–Trinajstić information content (AvgIpc) is 1.85. The topological polar surface area (TPSA) is 69.9 Å². The van der Waals surface area contributed by atoms with Gasteiger partial charge in [-0.05, 0) is 0 Å². The van der Waals surface area contributed by atoms with E-state index in [-0.39, 0.29) is 18.8 Å². The van der Waals surface area contributed by atoms with Crippen molar-refractivity contribution in [3.05, 3.63) is 12.3 Å². The van der Waals surface area contributed by atoms with Crippen molar-refractivity contribution in [3.63, 3.8) is 0 Å². The van der Waals surface area contributed by atoms with Gasteiger partial charge in [-0.25, -0.2) is 0 Å². The molecule has 0 saturated carbocycles. The second kappa shape index (κ2) is 3.21. The van der Waals surface area contributed by atoms with Gasteiger partial charge in [0.25, 0.3) is 0 Å². The molecular formula is C7H12O4. The molecule has 0 amide bonds. The molecule has 64 valence electrons. The SMILES string of the molecule is C=C(O)[C@H]1OC[C@H](O)C[C@@H]1O. The van der Waals surface area contributed by atoms with Crippen molar-refractivity contribution >= 4 is 0 Å². The van der Waals surface area contributed by atoms with E-state index in [1.807, 2.05) is 0 Å². The highest BCUT2D eigenvalue weighted by Crippen LogP contribution is 2.17. The van der Waals surface area contributed by atoms with Crippen LogP contribution in [0.5, 0.6) is 0 Å². The lowest BCUT2D eigenvalue weighted by atomic mass is 10.0. The van der Waals surface area contributed by atoms with E-state index in [1.165, 1.54) is 0 Å². The zero-order valence-corrected chi connectivity index (χ0v) is 6.10. The summed E-state index contributed by atoms with van der Waals surface area (Å²) < 4.78 is 4.91. The maximum Gasteiger partial charge on any atom is 0.140 e. The molecular weight excluding hydrogens is 148 g/mol. The highest BCUT2D eigenvalue weighted by Gasteiger charge is 2.30. The third kappa shape index (κ3) is 1.92. The van der Waals surface area contributed by atoms with E-state index in [1.54, 1.807) is 0 Å². The van der Waals surface area contributed by atoms with E-state index < -0.39 is 18.3 Å². The molecule has 3 N–H and O–H groups in total. The molecule has 4 nitrogen and oxygen atoms in total. The van der Waals surface area contributed by atoms with Crippen LogP contribution in [0.3, 0.4) is 0 Å². The molecule has 1 rings (SSSR count). The van der Waals surface area contributed by atoms with Crippen molar-refractivity contribution in [1.82, 2.24) is 0 Å². The highest BCUT2D eigenvalue weighted by atomic mass is 16.5. The van der Waals surface area contributed by atoms with Crippen LogP contribution in [0.4, 0.5) is 0 Å². The summed E-state index contributed by atoms with van der Waals surface area (Å²) in [6, 6.07) is 0. The summed E-state index contributed by atoms with van der Waals surface area (Å²) in [7, 11) is 0. The predicted molar refractivity (Wildman–Crippen MR) is 38.1 cm³/mol. The van der Waals surface area contributed by atoms with Crippen LogP contribution in [0.25, 0.3) is 0 Å². The van der Waals surface area contributed by atoms with Gasteiger partial charge >= 0.3 is 0 Å². The fourth-order valence-corrected chi connectivity index (χ4v) is 1.11. The number of rotatable bonds is 1. The minimum Gasteiger partial charge on any atom is -0.510 e. The molecule has 0 spiro atoms. The first kappa shape index (κ1) is 8.52. The standard InChI is InChI=1S/C7H12O4/c1-4(8)7-6(10)2-5(9)3-11-7/h5-10H,1-3H2/t5-,6+,7-/m1/s1. The van der Waals surface area contributed by atoms with Crippen LogP contribution in [0.2, 0.25) is 0 Å². The second-order valence-corrected chi connectivity index (χ2v) is 2.70. The first-order chi connectivity index (χ1) is 5.11. The molecule has 1 fully saturated rings. The highest BCUT2D eigenvalue weighted by molar-refractivity contribution is 4.97. The van der Waals surface area contributed by atoms with Gasteiger partial charge in [0.2, 0.25) is 0 Å². The largest absolute Gasteiger partial charge is 0.510 e. The minimum atomic E-state index is -0.851. The van der Waals surface area contributed by atoms with Gasteiger partial charge in [-0.1, -0.05) is 6.58 Å². The van der Waals surface area contributed by atoms with Crippen LogP contribution in [-0.4, -0.2) is 40.2 Å². The van der Waals surface area contributed by atoms with Gasteiger partial charge < -0.3 is 20.1 Å². The molecule has 1 aliphatic rings. The third-order valence-corrected chi connectivity index (χ3v) is 1.66. The molecule has 4 heteroatoms. The monoisotopic (exact) mass is 160 g/mol. The summed E-state index contributed by atoms with van der Waals surface area (Å²) in [6.07, 6.45) is -2.00. The van der Waals surface area contributed by atoms with Crippen molar-refractivity contribution in [2.45, 2.75) is 24.7 Å². The molecule has 11 heavy (non-hydrogen) atoms. The Morgan fingerprint density at radius 2 is 2.09 bits per heavy atom. The van der Waals surface area contributed by atoms with Crippen molar-refractivity contribution in [2.24, 2.45) is 0 Å². The Hall–Kier alpha value is -0.580. The Bertz CT molecular complexity index is 157. The maximum atomic E-state index is 9.20. The molecule has 0 aromatic heterocycles. The molecule has 1 aliphatic heterocycles. The first-order valence-corrected chi connectivity index (χ1v) is 3.46. The molecule has 1 saturated heterocycles. The molecule has 1 heterocycles. The molecule has 0 unspecified atom stereocenters. The molecule has 0 radical (unpaired) electrons. The Labute approximate surface area is 64.7 Å². The smallest absolute Gasteiger partial charge is 0.140 e. The Kier molecular flexibility index (Phi) is 2.49. The lowest BCUT2D eigenvalue weighted by Gasteiger charge is -2.29. The van der Waals surface area contributed by atoms with E-state index in [0.717, 1.165) is 0 Å². The summed E-state index contributed by atoms with van der Waals surface area (Å²) in [4.78, 5) is 0. The fourth-order valence-electron chi connectivity index (χ4n) is 1.11. The Morgan fingerprint density at radius 3 is 2.55 bits per heavy atom. The van der Waals surface area contributed by atoms with E-state index in [9.17, 15) is 5.11 Å². The van der Waals surface area contributed by atoms with Gasteiger partial charge in [0.1, 0.15) is 11.9 Å². The summed E-state index contributed by atoms with van der Waals surface area (Å²) >= 11 is 0. The average molecular weight is 160 g/mol. The second-order valence-electron chi connectivity index (χ2n) is 2.70. The van der Waals surface area contributed by atoms with Crippen molar-refractivity contribution in [3.8, 4) is 0 Å². The van der Waals surface area contributed by atoms with E-state index in [4.69, 9.17) is 14.9 Å². The lowest BCUT2D eigenvalue weighted by molar-refractivity contribution is -0.118. The molecule has 0 bridgehead atoms. The van der Waals surface area contributed by atoms with Gasteiger partial charge in [0, 0.05) is 6.42 Å². The van der Waals surface area contributed by atoms with Crippen LogP contribution in [0.15, 0.2) is 12.3 Å². The summed E-state index contributed by atoms with van der Waals surface area (Å²) in [6.45, 7) is 3.38. The first-order valence-electron chi connectivity index (χ1n) is 3.46. The van der Waals surface area contributed by atoms with E-state index in [2.05, 4.69) is 6.58 Å². The Balaban J connectivity index is 2.50. The maximum absolute atomic E-state index is 9.20. The predicted octanol–water partition coefficient (Wildman–Crippen LogP) is -0.431. The van der Waals surface area contributed by atoms with Gasteiger partial charge in [-0.2, -0.15) is 0 Å². The van der Waals surface area contributed by atoms with E-state index in [0.29, 0.717) is 0 Å².